The second kappa shape index (κ2) is 6.96. The van der Waals surface area contributed by atoms with Crippen LogP contribution in [-0.2, 0) is 6.42 Å². The van der Waals surface area contributed by atoms with Crippen molar-refractivity contribution in [2.75, 3.05) is 26.3 Å². The molecule has 0 bridgehead atoms. The van der Waals surface area contributed by atoms with Gasteiger partial charge in [0, 0.05) is 36.5 Å². The lowest BCUT2D eigenvalue weighted by molar-refractivity contribution is 0.0762. The van der Waals surface area contributed by atoms with Crippen LogP contribution < -0.4 is 9.47 Å². The number of amides is 1. The number of aliphatic hydroxyl groups is 1. The van der Waals surface area contributed by atoms with Gasteiger partial charge in [-0.3, -0.25) is 9.78 Å². The van der Waals surface area contributed by atoms with Crippen LogP contribution >= 0.6 is 0 Å². The normalized spacial score (nSPS) is 21.7. The molecule has 3 heterocycles. The van der Waals surface area contributed by atoms with Gasteiger partial charge in [-0.05, 0) is 43.2 Å². The number of ether oxygens (including phenoxy) is 2. The first kappa shape index (κ1) is 16.8. The fourth-order valence-corrected chi connectivity index (χ4v) is 3.60. The minimum atomic E-state index is -0.543. The number of rotatable bonds is 3. The molecule has 6 heteroatoms. The lowest BCUT2D eigenvalue weighted by Gasteiger charge is -2.22. The number of benzene rings is 1. The van der Waals surface area contributed by atoms with E-state index in [4.69, 9.17) is 9.47 Å². The third-order valence-corrected chi connectivity index (χ3v) is 5.01. The molecule has 1 N–H and O–H groups in total. The number of hydrogen-bond donors (Lipinski definition) is 1. The summed E-state index contributed by atoms with van der Waals surface area (Å²) in [6.07, 6.45) is 1.86. The molecule has 0 spiro atoms. The monoisotopic (exact) mass is 354 g/mol. The minimum Gasteiger partial charge on any atom is -0.486 e. The first-order valence-corrected chi connectivity index (χ1v) is 8.89. The molecule has 2 aliphatic heterocycles. The molecule has 2 aromatic rings. The van der Waals surface area contributed by atoms with Crippen LogP contribution in [0.2, 0.25) is 0 Å². The maximum absolute atomic E-state index is 13.0. The van der Waals surface area contributed by atoms with Crippen LogP contribution in [0, 0.1) is 12.8 Å². The zero-order valence-corrected chi connectivity index (χ0v) is 14.7. The average molecular weight is 354 g/mol. The van der Waals surface area contributed by atoms with E-state index in [2.05, 4.69) is 4.98 Å². The summed E-state index contributed by atoms with van der Waals surface area (Å²) in [6.45, 7) is 3.75. The summed E-state index contributed by atoms with van der Waals surface area (Å²) in [5.74, 6) is 1.20. The van der Waals surface area contributed by atoms with Gasteiger partial charge in [0.05, 0.1) is 6.10 Å². The molecule has 1 aromatic heterocycles. The van der Waals surface area contributed by atoms with E-state index >= 15 is 0 Å². The second-order valence-corrected chi connectivity index (χ2v) is 6.87. The number of β-amino-alcohol motifs (C(OH)–C–C–N with tert-alkyl or cyclic N) is 1. The lowest BCUT2D eigenvalue weighted by Crippen LogP contribution is -2.30. The number of aryl methyl sites for hydroxylation is 1. The maximum atomic E-state index is 13.0. The van der Waals surface area contributed by atoms with Gasteiger partial charge in [-0.25, -0.2) is 0 Å². The van der Waals surface area contributed by atoms with Gasteiger partial charge >= 0.3 is 0 Å². The topological polar surface area (TPSA) is 71.9 Å². The van der Waals surface area contributed by atoms with E-state index in [9.17, 15) is 9.90 Å². The van der Waals surface area contributed by atoms with Crippen LogP contribution in [0.5, 0.6) is 11.5 Å². The zero-order chi connectivity index (χ0) is 18.1. The third-order valence-electron chi connectivity index (χ3n) is 5.01. The maximum Gasteiger partial charge on any atom is 0.254 e. The van der Waals surface area contributed by atoms with Crippen molar-refractivity contribution in [2.45, 2.75) is 19.4 Å². The SMILES string of the molecule is Cc1cc2c(cc1C(=O)N1C[C@@H](Cc3ccccn3)[C@H](O)C1)OCCO2. The Morgan fingerprint density at radius 3 is 2.73 bits per heavy atom. The number of fused-ring (bicyclic) bond motifs is 1. The number of hydrogen-bond acceptors (Lipinski definition) is 5. The van der Waals surface area contributed by atoms with E-state index in [1.807, 2.05) is 31.2 Å². The third kappa shape index (κ3) is 3.24. The highest BCUT2D eigenvalue weighted by Gasteiger charge is 2.35. The number of nitrogens with zero attached hydrogens (tertiary/aromatic N) is 2. The summed E-state index contributed by atoms with van der Waals surface area (Å²) in [7, 11) is 0. The predicted octanol–water partition coefficient (Wildman–Crippen LogP) is 1.84. The van der Waals surface area contributed by atoms with E-state index in [1.54, 1.807) is 17.2 Å². The molecule has 6 nitrogen and oxygen atoms in total. The molecule has 0 aliphatic carbocycles. The molecule has 1 fully saturated rings. The number of likely N-dealkylation sites (tertiary alicyclic amines) is 1. The summed E-state index contributed by atoms with van der Waals surface area (Å²) in [5, 5.41) is 10.4. The van der Waals surface area contributed by atoms with E-state index < -0.39 is 6.10 Å². The van der Waals surface area contributed by atoms with Crippen LogP contribution in [-0.4, -0.2) is 53.3 Å². The molecule has 0 unspecified atom stereocenters. The van der Waals surface area contributed by atoms with Crippen LogP contribution in [0.1, 0.15) is 21.6 Å². The van der Waals surface area contributed by atoms with Crippen molar-refractivity contribution in [3.63, 3.8) is 0 Å². The molecule has 136 valence electrons. The fraction of sp³-hybridized carbons (Fsp3) is 0.400. The average Bonchev–Trinajstić information content (AvgIpc) is 3.02. The summed E-state index contributed by atoms with van der Waals surface area (Å²) >= 11 is 0. The molecule has 1 amide bonds. The van der Waals surface area contributed by atoms with Gasteiger partial charge in [-0.2, -0.15) is 0 Å². The highest BCUT2D eigenvalue weighted by molar-refractivity contribution is 5.96. The van der Waals surface area contributed by atoms with E-state index in [0.717, 1.165) is 11.3 Å². The van der Waals surface area contributed by atoms with Crippen molar-refractivity contribution >= 4 is 5.91 Å². The van der Waals surface area contributed by atoms with Crippen molar-refractivity contribution < 1.29 is 19.4 Å². The molecule has 1 aromatic carbocycles. The highest BCUT2D eigenvalue weighted by Crippen LogP contribution is 2.34. The Morgan fingerprint density at radius 2 is 2.00 bits per heavy atom. The largest absolute Gasteiger partial charge is 0.486 e. The van der Waals surface area contributed by atoms with Crippen molar-refractivity contribution in [1.29, 1.82) is 0 Å². The number of carbonyl (C=O) groups excluding carboxylic acids is 1. The van der Waals surface area contributed by atoms with E-state index in [1.165, 1.54) is 0 Å². The minimum absolute atomic E-state index is 0.00799. The van der Waals surface area contributed by atoms with Gasteiger partial charge in [0.1, 0.15) is 13.2 Å². The molecule has 2 aliphatic rings. The molecular weight excluding hydrogens is 332 g/mol. The van der Waals surface area contributed by atoms with Gasteiger partial charge in [0.25, 0.3) is 5.91 Å². The van der Waals surface area contributed by atoms with Gasteiger partial charge in [-0.15, -0.1) is 0 Å². The van der Waals surface area contributed by atoms with E-state index in [-0.39, 0.29) is 11.8 Å². The van der Waals surface area contributed by atoms with Gasteiger partial charge in [0.15, 0.2) is 11.5 Å². The first-order valence-electron chi connectivity index (χ1n) is 8.89. The Bertz CT molecular complexity index is 809. The Morgan fingerprint density at radius 1 is 1.23 bits per heavy atom. The van der Waals surface area contributed by atoms with Crippen LogP contribution in [0.25, 0.3) is 0 Å². The second-order valence-electron chi connectivity index (χ2n) is 6.87. The summed E-state index contributed by atoms with van der Waals surface area (Å²) < 4.78 is 11.2. The van der Waals surface area contributed by atoms with Crippen molar-refractivity contribution in [3.05, 3.63) is 53.3 Å². The van der Waals surface area contributed by atoms with Crippen LogP contribution in [0.15, 0.2) is 36.5 Å². The molecular formula is C20H22N2O4. The summed E-state index contributed by atoms with van der Waals surface area (Å²) in [6, 6.07) is 9.35. The summed E-state index contributed by atoms with van der Waals surface area (Å²) in [4.78, 5) is 19.0. The van der Waals surface area contributed by atoms with E-state index in [0.29, 0.717) is 49.8 Å². The van der Waals surface area contributed by atoms with Crippen molar-refractivity contribution in [3.8, 4) is 11.5 Å². The smallest absolute Gasteiger partial charge is 0.254 e. The molecule has 0 saturated carbocycles. The Balaban J connectivity index is 1.50. The molecule has 2 atom stereocenters. The lowest BCUT2D eigenvalue weighted by atomic mass is 10.00. The zero-order valence-electron chi connectivity index (χ0n) is 14.7. The standard InChI is InChI=1S/C20H22N2O4/c1-13-8-18-19(26-7-6-25-18)10-16(13)20(24)22-11-14(17(23)12-22)9-15-4-2-3-5-21-15/h2-5,8,10,14,17,23H,6-7,9,11-12H2,1H3/t14-,17-/m1/s1. The predicted molar refractivity (Wildman–Crippen MR) is 95.5 cm³/mol. The molecule has 0 radical (unpaired) electrons. The van der Waals surface area contributed by atoms with Gasteiger partial charge in [-0.1, -0.05) is 6.07 Å². The fourth-order valence-electron chi connectivity index (χ4n) is 3.60. The molecule has 26 heavy (non-hydrogen) atoms. The number of pyridine rings is 1. The van der Waals surface area contributed by atoms with Gasteiger partial charge < -0.3 is 19.5 Å². The number of aliphatic hydroxyl groups excluding tert-OH is 1. The van der Waals surface area contributed by atoms with Crippen molar-refractivity contribution in [1.82, 2.24) is 9.88 Å². The quantitative estimate of drug-likeness (QED) is 0.911. The molecule has 1 saturated heterocycles. The van der Waals surface area contributed by atoms with Crippen molar-refractivity contribution in [2.24, 2.45) is 5.92 Å². The van der Waals surface area contributed by atoms with Gasteiger partial charge in [0.2, 0.25) is 0 Å². The summed E-state index contributed by atoms with van der Waals surface area (Å²) in [5.41, 5.74) is 2.38. The van der Waals surface area contributed by atoms with Crippen LogP contribution in [0.3, 0.4) is 0 Å². The first-order chi connectivity index (χ1) is 12.6. The van der Waals surface area contributed by atoms with Crippen LogP contribution in [0.4, 0.5) is 0 Å². The Hall–Kier alpha value is -2.60. The Kier molecular flexibility index (Phi) is 4.51. The number of carbonyl (C=O) groups is 1. The molecule has 4 rings (SSSR count). The number of aromatic nitrogens is 1. The highest BCUT2D eigenvalue weighted by atomic mass is 16.6. The Labute approximate surface area is 152 Å².